The third-order valence-corrected chi connectivity index (χ3v) is 8.03. The Kier molecular flexibility index (Phi) is 8.59. The summed E-state index contributed by atoms with van der Waals surface area (Å²) in [5.41, 5.74) is 1.22. The monoisotopic (exact) mass is 623 g/mol. The van der Waals surface area contributed by atoms with Gasteiger partial charge in [-0.2, -0.15) is 4.98 Å². The number of aromatic nitrogens is 2. The topological polar surface area (TPSA) is 132 Å². The average Bonchev–Trinajstić information content (AvgIpc) is 3.88. The second kappa shape index (κ2) is 12.8. The van der Waals surface area contributed by atoms with Gasteiger partial charge in [-0.3, -0.25) is 14.4 Å². The van der Waals surface area contributed by atoms with Crippen LogP contribution < -0.4 is 25.0 Å². The summed E-state index contributed by atoms with van der Waals surface area (Å²) >= 11 is 0. The van der Waals surface area contributed by atoms with Gasteiger partial charge in [-0.25, -0.2) is 4.98 Å². The number of anilines is 2. The number of nitrogens with one attached hydrogen (secondary N) is 2. The molecule has 4 aromatic rings. The highest BCUT2D eigenvalue weighted by Gasteiger charge is 2.29. The maximum absolute atomic E-state index is 13.7. The van der Waals surface area contributed by atoms with Crippen LogP contribution in [-0.4, -0.2) is 67.0 Å². The zero-order valence-electron chi connectivity index (χ0n) is 26.4. The molecule has 1 aromatic heterocycles. The van der Waals surface area contributed by atoms with Crippen LogP contribution in [0.2, 0.25) is 0 Å². The predicted octanol–water partition coefficient (Wildman–Crippen LogP) is 5.28. The summed E-state index contributed by atoms with van der Waals surface area (Å²) in [5.74, 6) is -0.310. The molecule has 11 nitrogen and oxygen atoms in total. The summed E-state index contributed by atoms with van der Waals surface area (Å²) < 4.78 is 17.2. The van der Waals surface area contributed by atoms with Crippen LogP contribution in [0.5, 0.6) is 17.4 Å². The zero-order valence-corrected chi connectivity index (χ0v) is 26.4. The lowest BCUT2D eigenvalue weighted by atomic mass is 9.85. The van der Waals surface area contributed by atoms with Gasteiger partial charge in [-0.15, -0.1) is 0 Å². The average molecular weight is 624 g/mol. The maximum Gasteiger partial charge on any atom is 0.296 e. The first-order valence-electron chi connectivity index (χ1n) is 15.4. The number of carbonyl (C=O) groups excluding carboxylic acids is 3. The number of fused-ring (bicyclic) bond motifs is 1. The molecule has 11 heteroatoms. The van der Waals surface area contributed by atoms with Crippen molar-refractivity contribution in [1.29, 1.82) is 0 Å². The van der Waals surface area contributed by atoms with Gasteiger partial charge in [0.05, 0.1) is 31.6 Å². The lowest BCUT2D eigenvalue weighted by molar-refractivity contribution is -0.112. The number of rotatable bonds is 9. The van der Waals surface area contributed by atoms with Crippen LogP contribution in [-0.2, 0) is 14.9 Å². The number of hydrogen-bond donors (Lipinski definition) is 2. The molecule has 0 bridgehead atoms. The second-order valence-electron chi connectivity index (χ2n) is 12.4. The van der Waals surface area contributed by atoms with Gasteiger partial charge in [0.1, 0.15) is 5.75 Å². The van der Waals surface area contributed by atoms with Crippen molar-refractivity contribution in [2.45, 2.75) is 45.1 Å². The van der Waals surface area contributed by atoms with Crippen LogP contribution in [0, 0.1) is 0 Å². The van der Waals surface area contributed by atoms with Crippen LogP contribution in [0.4, 0.5) is 11.6 Å². The van der Waals surface area contributed by atoms with E-state index in [9.17, 15) is 14.4 Å². The van der Waals surface area contributed by atoms with E-state index in [1.165, 1.54) is 7.11 Å². The molecule has 2 heterocycles. The smallest absolute Gasteiger partial charge is 0.296 e. The molecule has 46 heavy (non-hydrogen) atoms. The van der Waals surface area contributed by atoms with Crippen molar-refractivity contribution < 1.29 is 28.6 Å². The summed E-state index contributed by atoms with van der Waals surface area (Å²) in [6.45, 7) is 8.61. The molecule has 2 N–H and O–H groups in total. The molecule has 2 fully saturated rings. The highest BCUT2D eigenvalue weighted by atomic mass is 16.5. The summed E-state index contributed by atoms with van der Waals surface area (Å²) in [6, 6.07) is 15.8. The molecule has 3 aromatic carbocycles. The van der Waals surface area contributed by atoms with E-state index in [4.69, 9.17) is 14.2 Å². The standard InChI is InChI=1S/C35H37N5O6/c1-35(2,3)21-19-26(32(42)37-22-9-10-22)31(44-4)27(20-21)38-33(43)30(41)25-11-12-28(24-8-6-5-7-23(24)25)46-29-13-14-36-34(39-29)40-15-17-45-18-16-40/h5-8,11-14,19-20,22H,9-10,15-18H2,1-4H3,(H,37,42)(H,38,43). The fourth-order valence-corrected chi connectivity index (χ4v) is 5.31. The van der Waals surface area contributed by atoms with E-state index in [1.807, 2.05) is 37.8 Å². The molecule has 0 spiro atoms. The van der Waals surface area contributed by atoms with Gasteiger partial charge in [-0.05, 0) is 53.5 Å². The predicted molar refractivity (Wildman–Crippen MR) is 174 cm³/mol. The molecule has 0 atom stereocenters. The number of methoxy groups -OCH3 is 1. The molecule has 2 aliphatic rings. The number of ether oxygens (including phenoxy) is 3. The van der Waals surface area contributed by atoms with E-state index in [2.05, 4.69) is 20.6 Å². The minimum Gasteiger partial charge on any atom is -0.494 e. The van der Waals surface area contributed by atoms with Crippen molar-refractivity contribution in [3.05, 3.63) is 77.5 Å². The summed E-state index contributed by atoms with van der Waals surface area (Å²) in [6.07, 6.45) is 3.50. The summed E-state index contributed by atoms with van der Waals surface area (Å²) in [4.78, 5) is 51.4. The van der Waals surface area contributed by atoms with E-state index in [0.29, 0.717) is 60.2 Å². The molecule has 1 saturated carbocycles. The van der Waals surface area contributed by atoms with Crippen LogP contribution >= 0.6 is 0 Å². The first-order valence-corrected chi connectivity index (χ1v) is 15.4. The zero-order chi connectivity index (χ0) is 32.4. The normalized spacial score (nSPS) is 14.9. The van der Waals surface area contributed by atoms with Crippen molar-refractivity contribution in [1.82, 2.24) is 15.3 Å². The molecule has 2 amide bonds. The Balaban J connectivity index is 1.28. The highest BCUT2D eigenvalue weighted by Crippen LogP contribution is 2.37. The Morgan fingerprint density at radius 2 is 1.70 bits per heavy atom. The maximum atomic E-state index is 13.7. The SMILES string of the molecule is COc1c(NC(=O)C(=O)c2ccc(Oc3ccnc(N4CCOCC4)n3)c3ccccc23)cc(C(C)(C)C)cc1C(=O)NC1CC1. The number of nitrogens with zero attached hydrogens (tertiary/aromatic N) is 3. The van der Waals surface area contributed by atoms with Crippen molar-refractivity contribution in [3.8, 4) is 17.4 Å². The minimum atomic E-state index is -0.859. The molecule has 0 radical (unpaired) electrons. The van der Waals surface area contributed by atoms with Crippen molar-refractivity contribution >= 4 is 40.0 Å². The largest absolute Gasteiger partial charge is 0.494 e. The number of hydrogen-bond acceptors (Lipinski definition) is 9. The first-order chi connectivity index (χ1) is 22.1. The number of Topliss-reactive ketones (excluding diaryl/α,β-unsaturated/α-hetero) is 1. The number of carbonyl (C=O) groups is 3. The fraction of sp³-hybridized carbons (Fsp3) is 0.343. The molecule has 238 valence electrons. The van der Waals surface area contributed by atoms with Gasteiger partial charge in [0.25, 0.3) is 17.6 Å². The van der Waals surface area contributed by atoms with E-state index >= 15 is 0 Å². The minimum absolute atomic E-state index is 0.136. The van der Waals surface area contributed by atoms with E-state index < -0.39 is 11.7 Å². The lowest BCUT2D eigenvalue weighted by Crippen LogP contribution is -2.37. The third kappa shape index (κ3) is 6.64. The van der Waals surface area contributed by atoms with Gasteiger partial charge in [-0.1, -0.05) is 45.0 Å². The summed E-state index contributed by atoms with van der Waals surface area (Å²) in [5, 5.41) is 6.91. The molecular formula is C35H37N5O6. The van der Waals surface area contributed by atoms with Crippen LogP contribution in [0.25, 0.3) is 10.8 Å². The summed E-state index contributed by atoms with van der Waals surface area (Å²) in [7, 11) is 1.44. The third-order valence-electron chi connectivity index (χ3n) is 8.03. The Morgan fingerprint density at radius 1 is 0.957 bits per heavy atom. The molecule has 1 saturated heterocycles. The van der Waals surface area contributed by atoms with E-state index in [0.717, 1.165) is 18.4 Å². The van der Waals surface area contributed by atoms with Crippen LogP contribution in [0.15, 0.2) is 60.8 Å². The fourth-order valence-electron chi connectivity index (χ4n) is 5.31. The lowest BCUT2D eigenvalue weighted by Gasteiger charge is -2.26. The number of amides is 2. The molecular weight excluding hydrogens is 586 g/mol. The van der Waals surface area contributed by atoms with Crippen molar-refractivity contribution in [2.75, 3.05) is 43.6 Å². The van der Waals surface area contributed by atoms with Crippen LogP contribution in [0.1, 0.15) is 59.9 Å². The van der Waals surface area contributed by atoms with E-state index in [1.54, 1.807) is 48.7 Å². The second-order valence-corrected chi connectivity index (χ2v) is 12.4. The van der Waals surface area contributed by atoms with Gasteiger partial charge < -0.3 is 29.7 Å². The van der Waals surface area contributed by atoms with E-state index in [-0.39, 0.29) is 34.4 Å². The Hall–Kier alpha value is -5.03. The molecule has 1 aliphatic heterocycles. The highest BCUT2D eigenvalue weighted by molar-refractivity contribution is 6.48. The van der Waals surface area contributed by atoms with Gasteiger partial charge in [0.2, 0.25) is 11.8 Å². The molecule has 6 rings (SSSR count). The van der Waals surface area contributed by atoms with Gasteiger partial charge in [0, 0.05) is 42.3 Å². The quantitative estimate of drug-likeness (QED) is 0.189. The number of ketones is 1. The Morgan fingerprint density at radius 3 is 2.39 bits per heavy atom. The first kappa shape index (κ1) is 31.0. The Labute approximate surface area is 267 Å². The van der Waals surface area contributed by atoms with Crippen molar-refractivity contribution in [3.63, 3.8) is 0 Å². The van der Waals surface area contributed by atoms with Gasteiger partial charge in [0.15, 0.2) is 5.75 Å². The Bertz CT molecular complexity index is 1810. The molecule has 0 unspecified atom stereocenters. The van der Waals surface area contributed by atoms with Crippen molar-refractivity contribution in [2.24, 2.45) is 0 Å². The van der Waals surface area contributed by atoms with Gasteiger partial charge >= 0.3 is 0 Å². The molecule has 1 aliphatic carbocycles. The van der Waals surface area contributed by atoms with Crippen LogP contribution in [0.3, 0.4) is 0 Å². The number of benzene rings is 3. The number of morpholine rings is 1.